The molecule has 2 aliphatic rings. The third-order valence-electron chi connectivity index (χ3n) is 7.76. The van der Waals surface area contributed by atoms with E-state index in [-0.39, 0.29) is 24.2 Å². The van der Waals surface area contributed by atoms with Crippen molar-refractivity contribution >= 4 is 45.7 Å². The second-order valence-electron chi connectivity index (χ2n) is 11.0. The first-order valence-corrected chi connectivity index (χ1v) is 16.4. The summed E-state index contributed by atoms with van der Waals surface area (Å²) >= 11 is 0. The second kappa shape index (κ2) is 15.9. The number of hydrogen-bond acceptors (Lipinski definition) is 7. The topological polar surface area (TPSA) is 170 Å². The number of phenols is 1. The smallest absolute Gasteiger partial charge is 0.410 e. The number of aryl methyl sites for hydroxylation is 2. The molecule has 47 heavy (non-hydrogen) atoms. The number of carbonyl (C=O) groups is 3. The molecule has 3 N–H and O–H groups in total. The highest BCUT2D eigenvalue weighted by molar-refractivity contribution is 7.88. The predicted octanol–water partition coefficient (Wildman–Crippen LogP) is 3.36. The number of anilines is 1. The third kappa shape index (κ3) is 9.66. The quantitative estimate of drug-likeness (QED) is 0.221. The molecule has 2 aromatic rings. The van der Waals surface area contributed by atoms with E-state index >= 15 is 0 Å². The highest BCUT2D eigenvalue weighted by Crippen LogP contribution is 2.26. The minimum atomic E-state index is -3.82. The molecule has 2 aromatic carbocycles. The van der Waals surface area contributed by atoms with Crippen molar-refractivity contribution in [2.75, 3.05) is 32.0 Å². The van der Waals surface area contributed by atoms with Crippen molar-refractivity contribution in [2.24, 2.45) is 9.39 Å². The lowest BCUT2D eigenvalue weighted by Gasteiger charge is -2.37. The van der Waals surface area contributed by atoms with E-state index < -0.39 is 28.3 Å². The van der Waals surface area contributed by atoms with Crippen molar-refractivity contribution in [3.8, 4) is 5.75 Å². The fourth-order valence-electron chi connectivity index (χ4n) is 5.30. The number of rotatable bonds is 8. The van der Waals surface area contributed by atoms with Gasteiger partial charge >= 0.3 is 22.3 Å². The van der Waals surface area contributed by atoms with Crippen molar-refractivity contribution in [2.45, 2.75) is 51.7 Å². The number of allylic oxidation sites excluding steroid dienone is 2. The zero-order chi connectivity index (χ0) is 34.0. The maximum Gasteiger partial charge on any atom is 0.410 e. The number of nitrogens with zero attached hydrogens (tertiary/aromatic N) is 4. The van der Waals surface area contributed by atoms with Crippen LogP contribution in [-0.4, -0.2) is 91.9 Å². The molecule has 2 heterocycles. The molecule has 2 aliphatic heterocycles. The molecule has 0 bridgehead atoms. The Labute approximate surface area is 273 Å². The van der Waals surface area contributed by atoms with Crippen molar-refractivity contribution in [3.63, 3.8) is 0 Å². The van der Waals surface area contributed by atoms with Crippen LogP contribution in [0, 0.1) is 13.8 Å². The Bertz CT molecular complexity index is 1820. The minimum absolute atomic E-state index is 0.00540. The van der Waals surface area contributed by atoms with Gasteiger partial charge < -0.3 is 25.0 Å². The number of amides is 4. The molecule has 4 amide bonds. The van der Waals surface area contributed by atoms with E-state index in [2.05, 4.69) is 37.9 Å². The number of piperidine rings is 1. The van der Waals surface area contributed by atoms with E-state index in [0.29, 0.717) is 49.2 Å². The first kappa shape index (κ1) is 34.7. The molecule has 0 aliphatic carbocycles. The number of likely N-dealkylation sites (tertiary alicyclic amines) is 1. The summed E-state index contributed by atoms with van der Waals surface area (Å²) in [7, 11) is -2.62. The highest BCUT2D eigenvalue weighted by Gasteiger charge is 2.33. The number of hydrogen-bond donors (Lipinski definition) is 3. The Kier molecular flexibility index (Phi) is 11.7. The molecule has 1 saturated heterocycles. The lowest BCUT2D eigenvalue weighted by molar-refractivity contribution is -0.126. The summed E-state index contributed by atoms with van der Waals surface area (Å²) in [5, 5.41) is 13.2. The standard InChI is InChI=1S/C33H36N6O7S/c1-23-20-25(21-24(2)30(23)40)22-29(31(41)35-15-8-4-5-9-16-36-47(44,45)34-3)46-33(43)38-17-13-27(14-18-38)39-19-12-26-10-6-7-11-28(26)37-32(39)42/h4-7,10-11,20-21,27,29,34,40H,12-14,17-19,22H2,1-3H3,(H,37,42)/t29-/m1/s1. The lowest BCUT2D eigenvalue weighted by Crippen LogP contribution is -2.50. The summed E-state index contributed by atoms with van der Waals surface area (Å²) in [5.41, 5.74) is 8.62. The van der Waals surface area contributed by atoms with Gasteiger partial charge in [0.05, 0.1) is 5.87 Å². The Morgan fingerprint density at radius 3 is 2.45 bits per heavy atom. The molecule has 0 aromatic heterocycles. The van der Waals surface area contributed by atoms with Crippen LogP contribution in [0.2, 0.25) is 0 Å². The lowest BCUT2D eigenvalue weighted by atomic mass is 10.0. The van der Waals surface area contributed by atoms with Gasteiger partial charge in [0.2, 0.25) is 0 Å². The summed E-state index contributed by atoms with van der Waals surface area (Å²) in [4.78, 5) is 46.4. The number of para-hydroxylation sites is 1. The van der Waals surface area contributed by atoms with Crippen molar-refractivity contribution in [3.05, 3.63) is 82.3 Å². The van der Waals surface area contributed by atoms with Gasteiger partial charge in [-0.3, -0.25) is 4.79 Å². The molecular weight excluding hydrogens is 624 g/mol. The minimum Gasteiger partial charge on any atom is -0.507 e. The van der Waals surface area contributed by atoms with Gasteiger partial charge in [-0.15, -0.1) is 0 Å². The van der Waals surface area contributed by atoms with Crippen LogP contribution in [0.4, 0.5) is 15.3 Å². The van der Waals surface area contributed by atoms with E-state index in [1.165, 1.54) is 24.1 Å². The summed E-state index contributed by atoms with van der Waals surface area (Å²) < 4.78 is 33.3. The van der Waals surface area contributed by atoms with E-state index in [0.717, 1.165) is 17.7 Å². The Morgan fingerprint density at radius 1 is 1.11 bits per heavy atom. The van der Waals surface area contributed by atoms with E-state index in [1.54, 1.807) is 26.0 Å². The average Bonchev–Trinajstić information content (AvgIpc) is 3.22. The zero-order valence-electron chi connectivity index (χ0n) is 26.3. The molecule has 1 atom stereocenters. The van der Waals surface area contributed by atoms with Crippen molar-refractivity contribution in [1.82, 2.24) is 14.5 Å². The van der Waals surface area contributed by atoms with Crippen LogP contribution in [0.1, 0.15) is 35.1 Å². The van der Waals surface area contributed by atoms with Gasteiger partial charge in [0.25, 0.3) is 5.91 Å². The number of ether oxygens (including phenoxy) is 1. The molecule has 4 rings (SSSR count). The molecule has 0 radical (unpaired) electrons. The van der Waals surface area contributed by atoms with E-state index in [4.69, 9.17) is 4.74 Å². The second-order valence-corrected chi connectivity index (χ2v) is 12.5. The van der Waals surface area contributed by atoms with Gasteiger partial charge in [0.1, 0.15) is 5.75 Å². The largest absolute Gasteiger partial charge is 0.507 e. The zero-order valence-corrected chi connectivity index (χ0v) is 27.1. The van der Waals surface area contributed by atoms with Gasteiger partial charge in [-0.05, 0) is 85.0 Å². The van der Waals surface area contributed by atoms with Gasteiger partial charge in [0.15, 0.2) is 6.10 Å². The van der Waals surface area contributed by atoms with E-state index in [9.17, 15) is 27.9 Å². The molecule has 13 nitrogen and oxygen atoms in total. The Balaban J connectivity index is 1.43. The maximum atomic E-state index is 13.3. The predicted molar refractivity (Wildman–Crippen MR) is 176 cm³/mol. The first-order valence-electron chi connectivity index (χ1n) is 14.9. The molecule has 0 saturated carbocycles. The number of fused-ring (bicyclic) bond motifs is 1. The van der Waals surface area contributed by atoms with Crippen LogP contribution in [0.15, 0.2) is 69.4 Å². The monoisotopic (exact) mass is 660 g/mol. The van der Waals surface area contributed by atoms with Crippen LogP contribution in [0.3, 0.4) is 0 Å². The molecule has 14 heteroatoms. The van der Waals surface area contributed by atoms with Crippen molar-refractivity contribution < 1.29 is 32.6 Å². The van der Waals surface area contributed by atoms with Crippen LogP contribution in [-0.2, 0) is 32.6 Å². The number of benzene rings is 2. The van der Waals surface area contributed by atoms with Gasteiger partial charge in [0, 0.05) is 50.7 Å². The first-order chi connectivity index (χ1) is 22.5. The van der Waals surface area contributed by atoms with Crippen LogP contribution >= 0.6 is 0 Å². The molecule has 246 valence electrons. The fraction of sp³-hybridized carbons (Fsp3) is 0.364. The van der Waals surface area contributed by atoms with Crippen LogP contribution in [0.25, 0.3) is 0 Å². The van der Waals surface area contributed by atoms with Gasteiger partial charge in [-0.2, -0.15) is 18.1 Å². The van der Waals surface area contributed by atoms with E-state index in [1.807, 2.05) is 33.9 Å². The summed E-state index contributed by atoms with van der Waals surface area (Å²) in [6.45, 7) is 4.70. The SMILES string of the molecule is CNS(=O)(=O)N=C=C=CC=C=C=NC(=O)[C@@H](Cc1cc(C)c(O)c(C)c1)OC(=O)N1CCC(N2CCc3ccccc3NC2=O)CC1. The molecular formula is C33H36N6O7S. The number of urea groups is 1. The van der Waals surface area contributed by atoms with Crippen molar-refractivity contribution in [1.29, 1.82) is 0 Å². The number of nitrogens with one attached hydrogen (secondary N) is 2. The van der Waals surface area contributed by atoms with Crippen LogP contribution < -0.4 is 10.0 Å². The highest BCUT2D eigenvalue weighted by atomic mass is 32.2. The fourth-order valence-corrected chi connectivity index (χ4v) is 5.56. The molecule has 0 unspecified atom stereocenters. The summed E-state index contributed by atoms with van der Waals surface area (Å²) in [6, 6.07) is 10.9. The Hall–Kier alpha value is -5.18. The average molecular weight is 661 g/mol. The maximum absolute atomic E-state index is 13.3. The third-order valence-corrected chi connectivity index (χ3v) is 8.61. The number of phenolic OH excluding ortho intramolecular Hbond substituents is 1. The van der Waals surface area contributed by atoms with Gasteiger partial charge in [-0.25, -0.2) is 9.59 Å². The number of aromatic hydroxyl groups is 1. The summed E-state index contributed by atoms with van der Waals surface area (Å²) in [5.74, 6) is 3.78. The normalized spacial score (nSPS) is 15.3. The number of carbonyl (C=O) groups excluding carboxylic acids is 3. The molecule has 1 fully saturated rings. The molecule has 0 spiro atoms. The van der Waals surface area contributed by atoms with Crippen LogP contribution in [0.5, 0.6) is 5.75 Å². The summed E-state index contributed by atoms with van der Waals surface area (Å²) in [6.07, 6.45) is 2.35. The number of aliphatic imine (C=N–C) groups is 1. The van der Waals surface area contributed by atoms with Gasteiger partial charge in [-0.1, -0.05) is 34.7 Å². The Morgan fingerprint density at radius 2 is 1.77 bits per heavy atom.